The molecule has 8 heteroatoms. The molecule has 21 heavy (non-hydrogen) atoms. The molecule has 0 unspecified atom stereocenters. The van der Waals surface area contributed by atoms with E-state index in [1.807, 2.05) is 19.1 Å². The number of rotatable bonds is 3. The second kappa shape index (κ2) is 5.88. The Morgan fingerprint density at radius 1 is 1.43 bits per heavy atom. The van der Waals surface area contributed by atoms with Gasteiger partial charge in [-0.1, -0.05) is 6.07 Å². The van der Waals surface area contributed by atoms with Crippen LogP contribution in [0.25, 0.3) is 0 Å². The van der Waals surface area contributed by atoms with Crippen molar-refractivity contribution >= 4 is 39.0 Å². The summed E-state index contributed by atoms with van der Waals surface area (Å²) in [5.41, 5.74) is 6.82. The van der Waals surface area contributed by atoms with Gasteiger partial charge in [-0.2, -0.15) is 0 Å². The summed E-state index contributed by atoms with van der Waals surface area (Å²) in [6.45, 7) is 1.92. The van der Waals surface area contributed by atoms with Crippen molar-refractivity contribution in [2.24, 2.45) is 0 Å². The number of hydrogen-bond acceptors (Lipinski definition) is 5. The molecule has 0 aliphatic rings. The zero-order valence-electron chi connectivity index (χ0n) is 11.0. The van der Waals surface area contributed by atoms with E-state index in [-0.39, 0.29) is 17.1 Å². The van der Waals surface area contributed by atoms with Crippen LogP contribution < -0.4 is 11.1 Å². The molecule has 0 spiro atoms. The van der Waals surface area contributed by atoms with Crippen LogP contribution in [-0.2, 0) is 0 Å². The molecule has 0 saturated carbocycles. The van der Waals surface area contributed by atoms with Crippen LogP contribution in [0.2, 0.25) is 0 Å². The van der Waals surface area contributed by atoms with Crippen molar-refractivity contribution in [2.75, 3.05) is 11.1 Å². The fourth-order valence-corrected chi connectivity index (χ4v) is 2.25. The summed E-state index contributed by atoms with van der Waals surface area (Å²) in [5, 5.41) is 13.4. The van der Waals surface area contributed by atoms with Crippen molar-refractivity contribution in [2.45, 2.75) is 6.92 Å². The fourth-order valence-electron chi connectivity index (χ4n) is 1.66. The van der Waals surface area contributed by atoms with Crippen LogP contribution in [0.4, 0.5) is 17.2 Å². The van der Waals surface area contributed by atoms with E-state index in [0.29, 0.717) is 10.2 Å². The molecule has 1 aromatic carbocycles. The highest BCUT2D eigenvalue weighted by Gasteiger charge is 2.17. The number of nitrogens with one attached hydrogen (secondary N) is 1. The number of amides is 1. The predicted molar refractivity (Wildman–Crippen MR) is 82.1 cm³/mol. The van der Waals surface area contributed by atoms with Crippen molar-refractivity contribution in [1.29, 1.82) is 0 Å². The van der Waals surface area contributed by atoms with Gasteiger partial charge in [0, 0.05) is 10.5 Å². The summed E-state index contributed by atoms with van der Waals surface area (Å²) >= 11 is 3.33. The van der Waals surface area contributed by atoms with Gasteiger partial charge < -0.3 is 11.1 Å². The normalized spacial score (nSPS) is 10.2. The number of aryl methyl sites for hydroxylation is 1. The fraction of sp³-hybridized carbons (Fsp3) is 0.0769. The Hall–Kier alpha value is -2.48. The monoisotopic (exact) mass is 350 g/mol. The maximum Gasteiger partial charge on any atom is 0.288 e. The number of anilines is 2. The van der Waals surface area contributed by atoms with Crippen molar-refractivity contribution in [3.05, 3.63) is 56.2 Å². The van der Waals surface area contributed by atoms with Crippen LogP contribution in [0.5, 0.6) is 0 Å². The molecule has 0 atom stereocenters. The Balaban J connectivity index is 2.32. The Kier molecular flexibility index (Phi) is 4.18. The average Bonchev–Trinajstić information content (AvgIpc) is 2.42. The largest absolute Gasteiger partial charge is 0.383 e. The number of benzene rings is 1. The molecule has 2 aromatic rings. The van der Waals surface area contributed by atoms with Gasteiger partial charge in [0.2, 0.25) is 0 Å². The van der Waals surface area contributed by atoms with E-state index < -0.39 is 10.8 Å². The molecule has 0 fully saturated rings. The van der Waals surface area contributed by atoms with Crippen LogP contribution in [0.1, 0.15) is 15.9 Å². The van der Waals surface area contributed by atoms with Gasteiger partial charge in [-0.15, -0.1) is 0 Å². The van der Waals surface area contributed by atoms with Crippen LogP contribution in [0, 0.1) is 17.0 Å². The van der Waals surface area contributed by atoms with Crippen LogP contribution in [0.15, 0.2) is 34.9 Å². The Labute approximate surface area is 128 Å². The summed E-state index contributed by atoms with van der Waals surface area (Å²) in [6, 6.07) is 6.48. The van der Waals surface area contributed by atoms with E-state index in [2.05, 4.69) is 26.2 Å². The highest BCUT2D eigenvalue weighted by molar-refractivity contribution is 9.10. The molecule has 0 saturated heterocycles. The summed E-state index contributed by atoms with van der Waals surface area (Å²) in [5.74, 6) is -0.630. The number of nitro groups is 1. The van der Waals surface area contributed by atoms with Crippen LogP contribution >= 0.6 is 15.9 Å². The SMILES string of the molecule is Cc1ccc(NC(=O)c2cc([N+](=O)[O-])cnc2N)c(Br)c1. The lowest BCUT2D eigenvalue weighted by Gasteiger charge is -2.09. The summed E-state index contributed by atoms with van der Waals surface area (Å²) in [4.78, 5) is 25.9. The molecule has 7 nitrogen and oxygen atoms in total. The Morgan fingerprint density at radius 3 is 2.76 bits per heavy atom. The first-order valence-corrected chi connectivity index (χ1v) is 6.65. The molecule has 3 N–H and O–H groups in total. The number of carbonyl (C=O) groups is 1. The van der Waals surface area contributed by atoms with Gasteiger partial charge in [0.05, 0.1) is 16.2 Å². The molecule has 108 valence electrons. The van der Waals surface area contributed by atoms with E-state index in [9.17, 15) is 14.9 Å². The Morgan fingerprint density at radius 2 is 2.14 bits per heavy atom. The van der Waals surface area contributed by atoms with E-state index in [1.165, 1.54) is 0 Å². The lowest BCUT2D eigenvalue weighted by molar-refractivity contribution is -0.385. The molecule has 1 heterocycles. The lowest BCUT2D eigenvalue weighted by Crippen LogP contribution is -2.15. The van der Waals surface area contributed by atoms with Gasteiger partial charge in [-0.3, -0.25) is 14.9 Å². The number of aromatic nitrogens is 1. The smallest absolute Gasteiger partial charge is 0.288 e. The highest BCUT2D eigenvalue weighted by Crippen LogP contribution is 2.25. The standard InChI is InChI=1S/C13H11BrN4O3/c1-7-2-3-11(10(14)4-7)17-13(19)9-5-8(18(20)21)6-16-12(9)15/h2-6H,1H3,(H2,15,16)(H,17,19). The van der Waals surface area contributed by atoms with Crippen LogP contribution in [-0.4, -0.2) is 15.8 Å². The summed E-state index contributed by atoms with van der Waals surface area (Å²) in [7, 11) is 0. The van der Waals surface area contributed by atoms with Crippen LogP contribution in [0.3, 0.4) is 0 Å². The van der Waals surface area contributed by atoms with Crippen molar-refractivity contribution in [3.8, 4) is 0 Å². The minimum absolute atomic E-state index is 0.0447. The topological polar surface area (TPSA) is 111 Å². The number of pyridine rings is 1. The maximum atomic E-state index is 12.2. The van der Waals surface area contributed by atoms with Gasteiger partial charge >= 0.3 is 0 Å². The molecular formula is C13H11BrN4O3. The predicted octanol–water partition coefficient (Wildman–Crippen LogP) is 2.90. The summed E-state index contributed by atoms with van der Waals surface area (Å²) in [6.07, 6.45) is 1.01. The zero-order chi connectivity index (χ0) is 15.6. The van der Waals surface area contributed by atoms with Gasteiger partial charge in [0.15, 0.2) is 0 Å². The number of nitrogens with zero attached hydrogens (tertiary/aromatic N) is 2. The second-order valence-corrected chi connectivity index (χ2v) is 5.18. The molecule has 0 radical (unpaired) electrons. The lowest BCUT2D eigenvalue weighted by atomic mass is 10.2. The van der Waals surface area contributed by atoms with E-state index in [1.54, 1.807) is 6.07 Å². The molecular weight excluding hydrogens is 340 g/mol. The average molecular weight is 351 g/mol. The maximum absolute atomic E-state index is 12.2. The number of nitrogens with two attached hydrogens (primary N) is 1. The van der Waals surface area contributed by atoms with Crippen molar-refractivity contribution < 1.29 is 9.72 Å². The van der Waals surface area contributed by atoms with Gasteiger partial charge in [0.1, 0.15) is 12.0 Å². The van der Waals surface area contributed by atoms with E-state index >= 15 is 0 Å². The first kappa shape index (κ1) is 14.9. The molecule has 0 aliphatic heterocycles. The van der Waals surface area contributed by atoms with E-state index in [0.717, 1.165) is 17.8 Å². The molecule has 0 bridgehead atoms. The first-order chi connectivity index (χ1) is 9.88. The molecule has 1 amide bonds. The molecule has 2 rings (SSSR count). The minimum Gasteiger partial charge on any atom is -0.383 e. The highest BCUT2D eigenvalue weighted by atomic mass is 79.9. The number of hydrogen-bond donors (Lipinski definition) is 2. The minimum atomic E-state index is -0.634. The quantitative estimate of drug-likeness (QED) is 0.652. The molecule has 1 aromatic heterocycles. The summed E-state index contributed by atoms with van der Waals surface area (Å²) < 4.78 is 0.702. The number of carbonyl (C=O) groups excluding carboxylic acids is 1. The van der Waals surface area contributed by atoms with Crippen molar-refractivity contribution in [1.82, 2.24) is 4.98 Å². The van der Waals surface area contributed by atoms with Gasteiger partial charge in [-0.05, 0) is 40.5 Å². The first-order valence-electron chi connectivity index (χ1n) is 5.86. The second-order valence-electron chi connectivity index (χ2n) is 4.32. The Bertz CT molecular complexity index is 733. The number of nitrogen functional groups attached to an aromatic ring is 1. The van der Waals surface area contributed by atoms with Crippen molar-refractivity contribution in [3.63, 3.8) is 0 Å². The third-order valence-corrected chi connectivity index (χ3v) is 3.39. The molecule has 0 aliphatic carbocycles. The third-order valence-electron chi connectivity index (χ3n) is 2.73. The third kappa shape index (κ3) is 3.34. The zero-order valence-corrected chi connectivity index (χ0v) is 12.5. The van der Waals surface area contributed by atoms with Gasteiger partial charge in [-0.25, -0.2) is 4.98 Å². The van der Waals surface area contributed by atoms with E-state index in [4.69, 9.17) is 5.73 Å². The number of halogens is 1. The van der Waals surface area contributed by atoms with Gasteiger partial charge in [0.25, 0.3) is 11.6 Å².